The minimum Gasteiger partial charge on any atom is -0.406 e. The maximum atomic E-state index is 13.7. The summed E-state index contributed by atoms with van der Waals surface area (Å²) in [7, 11) is -1.85. The fourth-order valence-electron chi connectivity index (χ4n) is 4.66. The van der Waals surface area contributed by atoms with E-state index in [9.17, 15) is 22.5 Å². The molecule has 6 nitrogen and oxygen atoms in total. The van der Waals surface area contributed by atoms with E-state index in [4.69, 9.17) is 0 Å². The van der Waals surface area contributed by atoms with Crippen LogP contribution in [0, 0.1) is 0 Å². The molecular weight excluding hydrogens is 663 g/mol. The van der Waals surface area contributed by atoms with Gasteiger partial charge in [-0.05, 0) is 72.5 Å². The Labute approximate surface area is 242 Å². The molecule has 4 atom stereocenters. The molecule has 1 fully saturated rings. The van der Waals surface area contributed by atoms with E-state index in [-0.39, 0.29) is 17.0 Å². The van der Waals surface area contributed by atoms with E-state index < -0.39 is 34.2 Å². The Balaban J connectivity index is 1.54. The van der Waals surface area contributed by atoms with Crippen molar-refractivity contribution < 1.29 is 27.2 Å². The molecule has 0 aliphatic heterocycles. The van der Waals surface area contributed by atoms with Gasteiger partial charge in [-0.15, -0.1) is 13.2 Å². The van der Waals surface area contributed by atoms with Crippen molar-refractivity contribution >= 4 is 41.8 Å². The molecule has 0 amide bonds. The molecule has 0 radical (unpaired) electrons. The predicted octanol–water partition coefficient (Wildman–Crippen LogP) is 6.73. The second-order valence-electron chi connectivity index (χ2n) is 9.18. The first-order chi connectivity index (χ1) is 18.5. The summed E-state index contributed by atoms with van der Waals surface area (Å²) >= 11 is 6.96. The molecule has 1 aliphatic carbocycles. The lowest BCUT2D eigenvalue weighted by atomic mass is 9.87. The minimum absolute atomic E-state index is 0.199. The van der Waals surface area contributed by atoms with Gasteiger partial charge in [0.15, 0.2) is 0 Å². The van der Waals surface area contributed by atoms with Crippen molar-refractivity contribution in [1.82, 2.24) is 10.0 Å². The highest BCUT2D eigenvalue weighted by Gasteiger charge is 2.36. The number of nitrogens with one attached hydrogen (secondary N) is 2. The Hall–Kier alpha value is -1.96. The first-order valence-corrected chi connectivity index (χ1v) is 15.3. The zero-order valence-electron chi connectivity index (χ0n) is 20.9. The summed E-state index contributed by atoms with van der Waals surface area (Å²) in [6, 6.07) is 19.6. The summed E-state index contributed by atoms with van der Waals surface area (Å²) in [5.41, 5.74) is 2.05. The molecule has 0 saturated heterocycles. The highest BCUT2D eigenvalue weighted by molar-refractivity contribution is 9.10. The number of rotatable bonds is 8. The van der Waals surface area contributed by atoms with Gasteiger partial charge in [-0.25, -0.2) is 13.3 Å². The number of hydrogen-bond acceptors (Lipinski definition) is 5. The summed E-state index contributed by atoms with van der Waals surface area (Å²) in [5, 5.41) is 15.0. The molecule has 3 aromatic rings. The number of benzene rings is 3. The first-order valence-electron chi connectivity index (χ1n) is 12.2. The van der Waals surface area contributed by atoms with E-state index in [1.165, 1.54) is 19.2 Å². The lowest BCUT2D eigenvalue weighted by molar-refractivity contribution is -0.274. The highest BCUT2D eigenvalue weighted by atomic mass is 79.9. The molecule has 39 heavy (non-hydrogen) atoms. The van der Waals surface area contributed by atoms with Crippen molar-refractivity contribution in [3.63, 3.8) is 0 Å². The molecular formula is C27H28Br2F3N3O3S. The average Bonchev–Trinajstić information content (AvgIpc) is 2.90. The van der Waals surface area contributed by atoms with Crippen LogP contribution < -0.4 is 14.8 Å². The van der Waals surface area contributed by atoms with Crippen LogP contribution in [0.5, 0.6) is 5.75 Å². The summed E-state index contributed by atoms with van der Waals surface area (Å²) in [5.74, 6) is -0.419. The Morgan fingerprint density at radius 3 is 1.92 bits per heavy atom. The SMILES string of the molecule is CN=S(=O)(NC1CCCC(NC(c2ccc(Br)cc2)c2ccc(Br)cc2)C1O)c1ccc(OC(F)(F)F)cc1. The largest absolute Gasteiger partial charge is 0.573 e. The summed E-state index contributed by atoms with van der Waals surface area (Å²) < 4.78 is 64.2. The molecule has 210 valence electrons. The number of nitrogens with zero attached hydrogens (tertiary/aromatic N) is 1. The zero-order chi connectivity index (χ0) is 28.2. The van der Waals surface area contributed by atoms with E-state index in [0.717, 1.165) is 38.6 Å². The first kappa shape index (κ1) is 30.0. The van der Waals surface area contributed by atoms with Crippen LogP contribution in [-0.4, -0.2) is 40.9 Å². The quantitative estimate of drug-likeness (QED) is 0.245. The summed E-state index contributed by atoms with van der Waals surface area (Å²) in [6.07, 6.45) is -3.70. The van der Waals surface area contributed by atoms with Crippen LogP contribution in [0.2, 0.25) is 0 Å². The molecule has 0 heterocycles. The van der Waals surface area contributed by atoms with E-state index in [1.807, 2.05) is 48.5 Å². The number of aliphatic hydroxyl groups excluding tert-OH is 1. The second-order valence-corrected chi connectivity index (χ2v) is 13.1. The monoisotopic (exact) mass is 689 g/mol. The van der Waals surface area contributed by atoms with Crippen molar-refractivity contribution in [2.45, 2.75) is 54.7 Å². The van der Waals surface area contributed by atoms with E-state index in [0.29, 0.717) is 12.8 Å². The van der Waals surface area contributed by atoms with Gasteiger partial charge < -0.3 is 15.2 Å². The molecule has 0 aromatic heterocycles. The Morgan fingerprint density at radius 1 is 0.923 bits per heavy atom. The molecule has 0 bridgehead atoms. The van der Waals surface area contributed by atoms with Crippen LogP contribution in [-0.2, 0) is 9.92 Å². The van der Waals surface area contributed by atoms with Crippen molar-refractivity contribution in [3.05, 3.63) is 92.9 Å². The van der Waals surface area contributed by atoms with E-state index >= 15 is 0 Å². The van der Waals surface area contributed by atoms with Gasteiger partial charge in [0, 0.05) is 28.1 Å². The molecule has 0 spiro atoms. The molecule has 4 unspecified atom stereocenters. The Bertz CT molecular complexity index is 1320. The fraction of sp³-hybridized carbons (Fsp3) is 0.333. The van der Waals surface area contributed by atoms with Gasteiger partial charge in [0.25, 0.3) is 0 Å². The number of ether oxygens (including phenoxy) is 1. The molecule has 3 aromatic carbocycles. The van der Waals surface area contributed by atoms with Crippen LogP contribution >= 0.6 is 31.9 Å². The Morgan fingerprint density at radius 2 is 1.44 bits per heavy atom. The van der Waals surface area contributed by atoms with Crippen molar-refractivity contribution in [1.29, 1.82) is 0 Å². The fourth-order valence-corrected chi connectivity index (χ4v) is 6.81. The molecule has 3 N–H and O–H groups in total. The summed E-state index contributed by atoms with van der Waals surface area (Å²) in [6.45, 7) is 0. The van der Waals surface area contributed by atoms with Crippen LogP contribution in [0.3, 0.4) is 0 Å². The van der Waals surface area contributed by atoms with Crippen LogP contribution in [0.25, 0.3) is 0 Å². The van der Waals surface area contributed by atoms with Crippen LogP contribution in [0.1, 0.15) is 36.4 Å². The third-order valence-electron chi connectivity index (χ3n) is 6.59. The molecule has 1 aliphatic rings. The van der Waals surface area contributed by atoms with Crippen LogP contribution in [0.15, 0.2) is 91.0 Å². The average molecular weight is 691 g/mol. The van der Waals surface area contributed by atoms with E-state index in [2.05, 4.69) is 51.0 Å². The number of halogens is 5. The van der Waals surface area contributed by atoms with Gasteiger partial charge >= 0.3 is 6.36 Å². The Kier molecular flexibility index (Phi) is 9.77. The zero-order valence-corrected chi connectivity index (χ0v) is 24.9. The van der Waals surface area contributed by atoms with Gasteiger partial charge in [0.05, 0.1) is 17.0 Å². The highest BCUT2D eigenvalue weighted by Crippen LogP contribution is 2.30. The molecule has 12 heteroatoms. The number of alkyl halides is 3. The van der Waals surface area contributed by atoms with Gasteiger partial charge in [-0.2, -0.15) is 0 Å². The van der Waals surface area contributed by atoms with Crippen molar-refractivity contribution in [2.24, 2.45) is 4.36 Å². The maximum Gasteiger partial charge on any atom is 0.573 e. The standard InChI is InChI=1S/C27H28Br2F3N3O3S/c1-33-39(37,22-15-13-21(14-16-22)38-27(30,31)32)35-24-4-2-3-23(26(24)36)34-25(17-5-9-19(28)10-6-17)18-7-11-20(29)12-8-18/h5-16,23-26,34,36H,2-4H2,1H3,(H,33,35,37). The third kappa shape index (κ3) is 7.83. The number of aliphatic hydroxyl groups is 1. The molecule has 4 rings (SSSR count). The van der Waals surface area contributed by atoms with Crippen molar-refractivity contribution in [2.75, 3.05) is 7.05 Å². The lowest BCUT2D eigenvalue weighted by Crippen LogP contribution is -2.56. The topological polar surface area (TPSA) is 83.0 Å². The lowest BCUT2D eigenvalue weighted by Gasteiger charge is -2.38. The predicted molar refractivity (Wildman–Crippen MR) is 152 cm³/mol. The third-order valence-corrected chi connectivity index (χ3v) is 9.69. The normalized spacial score (nSPS) is 21.4. The maximum absolute atomic E-state index is 13.7. The van der Waals surface area contributed by atoms with Crippen LogP contribution in [0.4, 0.5) is 13.2 Å². The van der Waals surface area contributed by atoms with Crippen molar-refractivity contribution in [3.8, 4) is 5.75 Å². The van der Waals surface area contributed by atoms with Gasteiger partial charge in [0.1, 0.15) is 15.7 Å². The van der Waals surface area contributed by atoms with Gasteiger partial charge in [-0.3, -0.25) is 0 Å². The smallest absolute Gasteiger partial charge is 0.406 e. The number of hydrogen-bond donors (Lipinski definition) is 3. The van der Waals surface area contributed by atoms with Gasteiger partial charge in [-0.1, -0.05) is 62.5 Å². The minimum atomic E-state index is -4.82. The molecule has 1 saturated carbocycles. The second kappa shape index (κ2) is 12.7. The van der Waals surface area contributed by atoms with E-state index in [1.54, 1.807) is 0 Å². The summed E-state index contributed by atoms with van der Waals surface area (Å²) in [4.78, 5) is 0.199. The van der Waals surface area contributed by atoms with Gasteiger partial charge in [0.2, 0.25) is 0 Å².